The molecule has 1 aliphatic heterocycles. The fourth-order valence-corrected chi connectivity index (χ4v) is 4.07. The van der Waals surface area contributed by atoms with Crippen molar-refractivity contribution in [2.75, 3.05) is 31.1 Å². The number of nitrogens with one attached hydrogen (secondary N) is 1. The van der Waals surface area contributed by atoms with Crippen molar-refractivity contribution in [1.82, 2.24) is 15.1 Å². The van der Waals surface area contributed by atoms with Crippen molar-refractivity contribution in [3.05, 3.63) is 81.8 Å². The second kappa shape index (κ2) is 7.89. The van der Waals surface area contributed by atoms with E-state index < -0.39 is 0 Å². The first-order valence-electron chi connectivity index (χ1n) is 8.81. The van der Waals surface area contributed by atoms with Gasteiger partial charge in [-0.3, -0.25) is 10.00 Å². The predicted molar refractivity (Wildman–Crippen MR) is 107 cm³/mol. The van der Waals surface area contributed by atoms with E-state index in [0.29, 0.717) is 15.6 Å². The van der Waals surface area contributed by atoms with Crippen molar-refractivity contribution in [3.8, 4) is 0 Å². The summed E-state index contributed by atoms with van der Waals surface area (Å²) in [4.78, 5) is 4.50. The molecule has 1 aliphatic rings. The molecule has 0 aliphatic carbocycles. The summed E-state index contributed by atoms with van der Waals surface area (Å²) in [5, 5.41) is 8.04. The topological polar surface area (TPSA) is 35.2 Å². The van der Waals surface area contributed by atoms with Crippen molar-refractivity contribution in [3.63, 3.8) is 0 Å². The molecular formula is C20H19Cl2FN4. The van der Waals surface area contributed by atoms with Gasteiger partial charge in [-0.05, 0) is 18.2 Å². The van der Waals surface area contributed by atoms with Gasteiger partial charge < -0.3 is 4.90 Å². The van der Waals surface area contributed by atoms with Gasteiger partial charge in [0.25, 0.3) is 0 Å². The van der Waals surface area contributed by atoms with E-state index in [2.05, 4.69) is 20.0 Å². The Balaban J connectivity index is 1.58. The number of anilines is 1. The number of rotatable bonds is 4. The Kier molecular flexibility index (Phi) is 5.34. The zero-order valence-corrected chi connectivity index (χ0v) is 16.1. The minimum absolute atomic E-state index is 0.179. The summed E-state index contributed by atoms with van der Waals surface area (Å²) in [5.41, 5.74) is 2.55. The number of piperazine rings is 1. The lowest BCUT2D eigenvalue weighted by atomic mass is 9.98. The lowest BCUT2D eigenvalue weighted by Gasteiger charge is -2.40. The van der Waals surface area contributed by atoms with Crippen LogP contribution in [0.15, 0.2) is 54.9 Å². The largest absolute Gasteiger partial charge is 0.368 e. The van der Waals surface area contributed by atoms with E-state index in [4.69, 9.17) is 23.2 Å². The van der Waals surface area contributed by atoms with Crippen LogP contribution in [0.25, 0.3) is 0 Å². The van der Waals surface area contributed by atoms with Gasteiger partial charge in [-0.25, -0.2) is 4.39 Å². The number of hydrogen-bond acceptors (Lipinski definition) is 3. The second-order valence-corrected chi connectivity index (χ2v) is 7.34. The minimum atomic E-state index is -0.205. The smallest absolute Gasteiger partial charge is 0.128 e. The van der Waals surface area contributed by atoms with Crippen LogP contribution >= 0.6 is 23.2 Å². The van der Waals surface area contributed by atoms with Crippen LogP contribution in [0.2, 0.25) is 10.0 Å². The predicted octanol–water partition coefficient (Wildman–Crippen LogP) is 4.77. The van der Waals surface area contributed by atoms with E-state index in [9.17, 15) is 4.39 Å². The van der Waals surface area contributed by atoms with Gasteiger partial charge in [-0.15, -0.1) is 0 Å². The molecule has 140 valence electrons. The van der Waals surface area contributed by atoms with Gasteiger partial charge in [0.15, 0.2) is 0 Å². The normalized spacial score (nSPS) is 16.5. The number of H-pyrrole nitrogens is 1. The summed E-state index contributed by atoms with van der Waals surface area (Å²) in [6, 6.07) is 12.4. The molecule has 1 N–H and O–H groups in total. The molecular weight excluding hydrogens is 386 g/mol. The number of hydrogen-bond donors (Lipinski definition) is 1. The van der Waals surface area contributed by atoms with Gasteiger partial charge in [-0.1, -0.05) is 47.5 Å². The summed E-state index contributed by atoms with van der Waals surface area (Å²) >= 11 is 12.5. The molecule has 1 unspecified atom stereocenters. The molecule has 7 heteroatoms. The lowest BCUT2D eigenvalue weighted by molar-refractivity contribution is 0.209. The van der Waals surface area contributed by atoms with Crippen molar-refractivity contribution < 1.29 is 4.39 Å². The van der Waals surface area contributed by atoms with Crippen LogP contribution in [0.3, 0.4) is 0 Å². The van der Waals surface area contributed by atoms with Gasteiger partial charge in [-0.2, -0.15) is 5.10 Å². The molecule has 0 saturated carbocycles. The fourth-order valence-electron chi connectivity index (χ4n) is 3.65. The third-order valence-electron chi connectivity index (χ3n) is 4.99. The Morgan fingerprint density at radius 2 is 1.78 bits per heavy atom. The van der Waals surface area contributed by atoms with Crippen molar-refractivity contribution in [2.24, 2.45) is 0 Å². The molecule has 1 fully saturated rings. The van der Waals surface area contributed by atoms with Gasteiger partial charge in [0.1, 0.15) is 5.82 Å². The van der Waals surface area contributed by atoms with Crippen LogP contribution in [-0.2, 0) is 0 Å². The Hall–Kier alpha value is -2.08. The molecule has 1 atom stereocenters. The van der Waals surface area contributed by atoms with Crippen molar-refractivity contribution in [2.45, 2.75) is 6.04 Å². The van der Waals surface area contributed by atoms with E-state index in [1.807, 2.05) is 30.5 Å². The molecule has 1 aromatic heterocycles. The zero-order chi connectivity index (χ0) is 18.8. The first-order chi connectivity index (χ1) is 13.1. The van der Waals surface area contributed by atoms with Crippen LogP contribution in [0, 0.1) is 5.82 Å². The average molecular weight is 405 g/mol. The van der Waals surface area contributed by atoms with Crippen molar-refractivity contribution >= 4 is 28.9 Å². The number of benzene rings is 2. The number of halogens is 3. The molecule has 1 saturated heterocycles. The third-order valence-corrected chi connectivity index (χ3v) is 5.80. The Bertz CT molecular complexity index is 908. The maximum Gasteiger partial charge on any atom is 0.128 e. The van der Waals surface area contributed by atoms with E-state index in [1.54, 1.807) is 18.3 Å². The molecule has 0 bridgehead atoms. The van der Waals surface area contributed by atoms with Gasteiger partial charge >= 0.3 is 0 Å². The van der Waals surface area contributed by atoms with Crippen LogP contribution < -0.4 is 4.90 Å². The molecule has 4 rings (SSSR count). The Morgan fingerprint density at radius 3 is 2.48 bits per heavy atom. The van der Waals surface area contributed by atoms with E-state index >= 15 is 0 Å². The molecule has 2 aromatic carbocycles. The standard InChI is InChI=1S/C20H19Cl2FN4/c21-16-5-3-7-18(19(16)22)26-8-10-27(11-9-26)20(14-12-24-25-13-14)15-4-1-2-6-17(15)23/h1-7,12-13,20H,8-11H2,(H,24,25). The highest BCUT2D eigenvalue weighted by atomic mass is 35.5. The SMILES string of the molecule is Fc1ccccc1C(c1cn[nH]c1)N1CCN(c2cccc(Cl)c2Cl)CC1. The molecule has 0 radical (unpaired) electrons. The minimum Gasteiger partial charge on any atom is -0.368 e. The average Bonchev–Trinajstić information content (AvgIpc) is 3.21. The first-order valence-corrected chi connectivity index (χ1v) is 9.57. The van der Waals surface area contributed by atoms with E-state index in [0.717, 1.165) is 37.4 Å². The maximum atomic E-state index is 14.5. The molecule has 4 nitrogen and oxygen atoms in total. The Labute approximate surface area is 167 Å². The number of aromatic nitrogens is 2. The molecule has 0 amide bonds. The Morgan fingerprint density at radius 1 is 1.00 bits per heavy atom. The van der Waals surface area contributed by atoms with Crippen molar-refractivity contribution in [1.29, 1.82) is 0 Å². The highest BCUT2D eigenvalue weighted by Crippen LogP contribution is 2.35. The van der Waals surface area contributed by atoms with E-state index in [-0.39, 0.29) is 11.9 Å². The van der Waals surface area contributed by atoms with E-state index in [1.165, 1.54) is 6.07 Å². The second-order valence-electron chi connectivity index (χ2n) is 6.55. The number of nitrogens with zero attached hydrogens (tertiary/aromatic N) is 3. The zero-order valence-electron chi connectivity index (χ0n) is 14.6. The van der Waals surface area contributed by atoms with Gasteiger partial charge in [0.05, 0.1) is 28.0 Å². The number of aromatic amines is 1. The van der Waals surface area contributed by atoms with Crippen LogP contribution in [0.5, 0.6) is 0 Å². The monoisotopic (exact) mass is 404 g/mol. The summed E-state index contributed by atoms with van der Waals surface area (Å²) < 4.78 is 14.5. The molecule has 3 aromatic rings. The maximum absolute atomic E-state index is 14.5. The first kappa shape index (κ1) is 18.3. The summed E-state index contributed by atoms with van der Waals surface area (Å²) in [6.45, 7) is 3.10. The molecule has 2 heterocycles. The highest BCUT2D eigenvalue weighted by molar-refractivity contribution is 6.43. The third kappa shape index (κ3) is 3.68. The van der Waals surface area contributed by atoms with Crippen LogP contribution in [0.1, 0.15) is 17.2 Å². The van der Waals surface area contributed by atoms with Gasteiger partial charge in [0.2, 0.25) is 0 Å². The fraction of sp³-hybridized carbons (Fsp3) is 0.250. The lowest BCUT2D eigenvalue weighted by Crippen LogP contribution is -2.48. The quantitative estimate of drug-likeness (QED) is 0.680. The molecule has 27 heavy (non-hydrogen) atoms. The summed E-state index contributed by atoms with van der Waals surface area (Å²) in [5.74, 6) is -0.205. The van der Waals surface area contributed by atoms with Crippen LogP contribution in [0.4, 0.5) is 10.1 Å². The molecule has 0 spiro atoms. The van der Waals surface area contributed by atoms with Gasteiger partial charge in [0, 0.05) is 43.5 Å². The highest BCUT2D eigenvalue weighted by Gasteiger charge is 2.29. The van der Waals surface area contributed by atoms with Crippen LogP contribution in [-0.4, -0.2) is 41.3 Å². The summed E-state index contributed by atoms with van der Waals surface area (Å²) in [7, 11) is 0. The summed E-state index contributed by atoms with van der Waals surface area (Å²) in [6.07, 6.45) is 3.59.